The first-order valence-corrected chi connectivity index (χ1v) is 6.15. The van der Waals surface area contributed by atoms with Gasteiger partial charge in [0.05, 0.1) is 25.5 Å². The molecule has 104 valence electrons. The number of carboxylic acids is 1. The smallest absolute Gasteiger partial charge is 0.313 e. The summed E-state index contributed by atoms with van der Waals surface area (Å²) in [5.41, 5.74) is -1.06. The minimum absolute atomic E-state index is 0.117. The van der Waals surface area contributed by atoms with Gasteiger partial charge in [-0.1, -0.05) is 0 Å². The topological polar surface area (TPSA) is 88.8 Å². The maximum atomic E-state index is 11.8. The number of aryl methyl sites for hydroxylation is 1. The number of carbonyl (C=O) groups is 2. The molecule has 0 aliphatic carbocycles. The van der Waals surface area contributed by atoms with E-state index < -0.39 is 17.4 Å². The molecule has 6 nitrogen and oxygen atoms in total. The highest BCUT2D eigenvalue weighted by Crippen LogP contribution is 2.28. The van der Waals surface area contributed by atoms with Gasteiger partial charge in [-0.3, -0.25) is 9.59 Å². The summed E-state index contributed by atoms with van der Waals surface area (Å²) in [6.07, 6.45) is 2.31. The molecule has 2 heterocycles. The van der Waals surface area contributed by atoms with Crippen molar-refractivity contribution in [1.29, 1.82) is 0 Å². The molecule has 0 bridgehead atoms. The van der Waals surface area contributed by atoms with Gasteiger partial charge in [-0.05, 0) is 19.1 Å². The Hall–Kier alpha value is -1.82. The van der Waals surface area contributed by atoms with E-state index in [0.717, 1.165) is 5.76 Å². The van der Waals surface area contributed by atoms with Crippen LogP contribution in [0, 0.1) is 5.41 Å². The molecule has 1 aromatic rings. The van der Waals surface area contributed by atoms with E-state index in [2.05, 4.69) is 5.32 Å². The van der Waals surface area contributed by atoms with Crippen LogP contribution in [0.25, 0.3) is 0 Å². The quantitative estimate of drug-likeness (QED) is 0.824. The number of rotatable bonds is 5. The van der Waals surface area contributed by atoms with Gasteiger partial charge in [0.1, 0.15) is 11.2 Å². The van der Waals surface area contributed by atoms with Crippen molar-refractivity contribution >= 4 is 11.9 Å². The summed E-state index contributed by atoms with van der Waals surface area (Å²) in [6, 6.07) is 3.07. The number of furan rings is 1. The molecule has 2 rings (SSSR count). The fourth-order valence-electron chi connectivity index (χ4n) is 2.04. The lowest BCUT2D eigenvalue weighted by atomic mass is 9.85. The fraction of sp³-hybridized carbons (Fsp3) is 0.538. The monoisotopic (exact) mass is 267 g/mol. The van der Waals surface area contributed by atoms with Crippen molar-refractivity contribution in [2.45, 2.75) is 25.8 Å². The molecule has 0 saturated carbocycles. The Morgan fingerprint density at radius 3 is 3.00 bits per heavy atom. The summed E-state index contributed by atoms with van der Waals surface area (Å²) < 4.78 is 10.3. The third-order valence-corrected chi connectivity index (χ3v) is 3.46. The first-order chi connectivity index (χ1) is 9.02. The van der Waals surface area contributed by atoms with Gasteiger partial charge in [0.2, 0.25) is 5.91 Å². The lowest BCUT2D eigenvalue weighted by Gasteiger charge is -2.25. The van der Waals surface area contributed by atoms with Gasteiger partial charge in [0.25, 0.3) is 0 Å². The number of hydrogen-bond acceptors (Lipinski definition) is 4. The van der Waals surface area contributed by atoms with Crippen molar-refractivity contribution in [1.82, 2.24) is 5.32 Å². The van der Waals surface area contributed by atoms with E-state index in [4.69, 9.17) is 9.15 Å². The number of aliphatic carboxylic acids is 1. The van der Waals surface area contributed by atoms with Crippen LogP contribution in [0.5, 0.6) is 0 Å². The van der Waals surface area contributed by atoms with Crippen molar-refractivity contribution < 1.29 is 23.8 Å². The van der Waals surface area contributed by atoms with Crippen LogP contribution in [0.15, 0.2) is 22.8 Å². The number of amides is 1. The third-order valence-electron chi connectivity index (χ3n) is 3.46. The van der Waals surface area contributed by atoms with E-state index in [1.807, 2.05) is 0 Å². The number of ether oxygens (including phenoxy) is 1. The molecule has 1 aromatic heterocycles. The Balaban J connectivity index is 1.86. The Bertz CT molecular complexity index is 456. The van der Waals surface area contributed by atoms with Crippen LogP contribution in [-0.4, -0.2) is 36.2 Å². The van der Waals surface area contributed by atoms with Crippen molar-refractivity contribution in [2.75, 3.05) is 13.2 Å². The third kappa shape index (κ3) is 2.96. The first-order valence-electron chi connectivity index (χ1n) is 6.15. The van der Waals surface area contributed by atoms with Gasteiger partial charge in [0, 0.05) is 12.8 Å². The maximum absolute atomic E-state index is 11.8. The summed E-state index contributed by atoms with van der Waals surface area (Å²) in [7, 11) is 0. The second-order valence-electron chi connectivity index (χ2n) is 4.94. The second-order valence-corrected chi connectivity index (χ2v) is 4.94. The molecule has 0 spiro atoms. The number of nitrogens with one attached hydrogen (secondary N) is 1. The molecule has 6 heteroatoms. The zero-order chi connectivity index (χ0) is 13.9. The summed E-state index contributed by atoms with van der Waals surface area (Å²) in [6.45, 7) is 1.93. The van der Waals surface area contributed by atoms with E-state index in [1.165, 1.54) is 0 Å². The number of hydrogen-bond donors (Lipinski definition) is 2. The normalized spacial score (nSPS) is 26.3. The zero-order valence-electron chi connectivity index (χ0n) is 10.7. The first kappa shape index (κ1) is 13.6. The molecule has 0 radical (unpaired) electrons. The average molecular weight is 267 g/mol. The van der Waals surface area contributed by atoms with Crippen LogP contribution < -0.4 is 5.32 Å². The average Bonchev–Trinajstić information content (AvgIpc) is 2.98. The number of carboxylic acid groups (broad SMARTS) is 1. The Kier molecular flexibility index (Phi) is 3.90. The van der Waals surface area contributed by atoms with E-state index in [9.17, 15) is 14.7 Å². The molecular weight excluding hydrogens is 250 g/mol. The summed E-state index contributed by atoms with van der Waals surface area (Å²) in [5.74, 6) is -0.417. The van der Waals surface area contributed by atoms with Crippen LogP contribution in [0.3, 0.4) is 0 Å². The zero-order valence-corrected chi connectivity index (χ0v) is 10.7. The van der Waals surface area contributed by atoms with E-state index in [0.29, 0.717) is 6.42 Å². The summed E-state index contributed by atoms with van der Waals surface area (Å²) >= 11 is 0. The van der Waals surface area contributed by atoms with Crippen molar-refractivity contribution in [3.8, 4) is 0 Å². The maximum Gasteiger partial charge on any atom is 0.313 e. The summed E-state index contributed by atoms with van der Waals surface area (Å²) in [4.78, 5) is 23.0. The molecule has 1 aliphatic heterocycles. The minimum atomic E-state index is -1.06. The van der Waals surface area contributed by atoms with E-state index >= 15 is 0 Å². The minimum Gasteiger partial charge on any atom is -0.481 e. The predicted molar refractivity (Wildman–Crippen MR) is 65.5 cm³/mol. The fourth-order valence-corrected chi connectivity index (χ4v) is 2.04. The predicted octanol–water partition coefficient (Wildman–Crippen LogP) is 0.818. The van der Waals surface area contributed by atoms with Gasteiger partial charge in [-0.2, -0.15) is 0 Å². The van der Waals surface area contributed by atoms with Gasteiger partial charge < -0.3 is 19.6 Å². The van der Waals surface area contributed by atoms with E-state index in [1.54, 1.807) is 25.3 Å². The Morgan fingerprint density at radius 2 is 2.37 bits per heavy atom. The molecule has 2 N–H and O–H groups in total. The van der Waals surface area contributed by atoms with Crippen LogP contribution in [0.2, 0.25) is 0 Å². The van der Waals surface area contributed by atoms with Gasteiger partial charge in [-0.25, -0.2) is 0 Å². The molecule has 1 fully saturated rings. The highest BCUT2D eigenvalue weighted by molar-refractivity contribution is 5.80. The molecule has 2 atom stereocenters. The Labute approximate surface area is 110 Å². The van der Waals surface area contributed by atoms with Crippen molar-refractivity contribution in [2.24, 2.45) is 5.41 Å². The summed E-state index contributed by atoms with van der Waals surface area (Å²) in [5, 5.41) is 11.9. The lowest BCUT2D eigenvalue weighted by molar-refractivity contribution is -0.149. The van der Waals surface area contributed by atoms with Gasteiger partial charge >= 0.3 is 5.97 Å². The van der Waals surface area contributed by atoms with Gasteiger partial charge in [0.15, 0.2) is 0 Å². The highest BCUT2D eigenvalue weighted by Gasteiger charge is 2.47. The second kappa shape index (κ2) is 5.44. The molecule has 19 heavy (non-hydrogen) atoms. The van der Waals surface area contributed by atoms with Crippen LogP contribution in [-0.2, 0) is 20.7 Å². The van der Waals surface area contributed by atoms with Crippen LogP contribution >= 0.6 is 0 Å². The van der Waals surface area contributed by atoms with Crippen LogP contribution in [0.1, 0.15) is 19.1 Å². The molecule has 0 aromatic carbocycles. The van der Waals surface area contributed by atoms with Gasteiger partial charge in [-0.15, -0.1) is 0 Å². The molecule has 1 amide bonds. The van der Waals surface area contributed by atoms with Crippen LogP contribution in [0.4, 0.5) is 0 Å². The molecule has 1 saturated heterocycles. The van der Waals surface area contributed by atoms with E-state index in [-0.39, 0.29) is 25.5 Å². The standard InChI is InChI=1S/C13H17NO5/c1-13(12(16)17)8-18-7-10(13)14-11(15)5-4-9-3-2-6-19-9/h2-3,6,10H,4-5,7-8H2,1H3,(H,14,15)(H,16,17). The van der Waals surface area contributed by atoms with Crippen molar-refractivity contribution in [3.05, 3.63) is 24.2 Å². The highest BCUT2D eigenvalue weighted by atomic mass is 16.5. The molecular formula is C13H17NO5. The number of carbonyl (C=O) groups excluding carboxylic acids is 1. The Morgan fingerprint density at radius 1 is 1.58 bits per heavy atom. The SMILES string of the molecule is CC1(C(=O)O)COCC1NC(=O)CCc1ccco1. The largest absolute Gasteiger partial charge is 0.481 e. The molecule has 2 unspecified atom stereocenters. The van der Waals surface area contributed by atoms with Crippen molar-refractivity contribution in [3.63, 3.8) is 0 Å². The lowest BCUT2D eigenvalue weighted by Crippen LogP contribution is -2.49. The molecule has 1 aliphatic rings.